The second-order valence-electron chi connectivity index (χ2n) is 6.84. The molecule has 1 aliphatic heterocycles. The van der Waals surface area contributed by atoms with Gasteiger partial charge in [0, 0.05) is 43.5 Å². The van der Waals surface area contributed by atoms with Gasteiger partial charge in [0.1, 0.15) is 12.1 Å². The Kier molecular flexibility index (Phi) is 4.60. The van der Waals surface area contributed by atoms with E-state index in [2.05, 4.69) is 20.4 Å². The maximum absolute atomic E-state index is 11.7. The Hall–Kier alpha value is -3.55. The first-order valence-corrected chi connectivity index (χ1v) is 9.04. The van der Waals surface area contributed by atoms with Crippen molar-refractivity contribution in [3.8, 4) is 11.1 Å². The molecule has 1 aliphatic rings. The number of piperazine rings is 1. The van der Waals surface area contributed by atoms with E-state index in [1.54, 1.807) is 10.7 Å². The Morgan fingerprint density at radius 1 is 1.21 bits per heavy atom. The van der Waals surface area contributed by atoms with E-state index in [1.165, 1.54) is 6.33 Å². The number of hydrogen-bond acceptors (Lipinski definition) is 6. The van der Waals surface area contributed by atoms with Gasteiger partial charge in [-0.25, -0.2) is 9.97 Å². The predicted molar refractivity (Wildman–Crippen MR) is 107 cm³/mol. The molecule has 3 heterocycles. The lowest BCUT2D eigenvalue weighted by Crippen LogP contribution is -2.48. The van der Waals surface area contributed by atoms with Crippen molar-refractivity contribution in [2.24, 2.45) is 7.05 Å². The molecule has 0 spiro atoms. The lowest BCUT2D eigenvalue weighted by Gasteiger charge is -2.27. The summed E-state index contributed by atoms with van der Waals surface area (Å²) in [6.07, 6.45) is 5.20. The summed E-state index contributed by atoms with van der Waals surface area (Å²) in [5.74, 6) is 0.632. The summed E-state index contributed by atoms with van der Waals surface area (Å²) in [5, 5.41) is 15.7. The average molecular weight is 375 g/mol. The summed E-state index contributed by atoms with van der Waals surface area (Å²) in [6, 6.07) is 7.80. The van der Waals surface area contributed by atoms with Crippen LogP contribution in [0.4, 0.5) is 5.82 Å². The van der Waals surface area contributed by atoms with Gasteiger partial charge in [-0.1, -0.05) is 12.1 Å². The lowest BCUT2D eigenvalue weighted by atomic mass is 9.97. The third kappa shape index (κ3) is 3.48. The lowest BCUT2D eigenvalue weighted by molar-refractivity contribution is -0.120. The van der Waals surface area contributed by atoms with E-state index in [4.69, 9.17) is 5.41 Å². The molecule has 2 N–H and O–H groups in total. The van der Waals surface area contributed by atoms with Gasteiger partial charge >= 0.3 is 0 Å². The van der Waals surface area contributed by atoms with Crippen LogP contribution >= 0.6 is 0 Å². The summed E-state index contributed by atoms with van der Waals surface area (Å²) >= 11 is 0. The molecule has 0 atom stereocenters. The summed E-state index contributed by atoms with van der Waals surface area (Å²) in [7, 11) is 1.88. The van der Waals surface area contributed by atoms with Gasteiger partial charge < -0.3 is 10.2 Å². The number of benzene rings is 1. The Bertz CT molecular complexity index is 1060. The smallest absolute Gasteiger partial charge is 0.239 e. The second kappa shape index (κ2) is 7.22. The van der Waals surface area contributed by atoms with Crippen LogP contribution in [0.5, 0.6) is 0 Å². The molecule has 1 aromatic carbocycles. The number of aryl methyl sites for hydroxylation is 2. The van der Waals surface area contributed by atoms with Crippen molar-refractivity contribution in [2.75, 3.05) is 24.5 Å². The van der Waals surface area contributed by atoms with E-state index in [-0.39, 0.29) is 12.5 Å². The van der Waals surface area contributed by atoms with Crippen LogP contribution in [0.25, 0.3) is 11.1 Å². The summed E-state index contributed by atoms with van der Waals surface area (Å²) in [4.78, 5) is 22.1. The molecule has 4 rings (SSSR count). The zero-order valence-corrected chi connectivity index (χ0v) is 15.8. The molecule has 0 aliphatic carbocycles. The Morgan fingerprint density at radius 3 is 2.82 bits per heavy atom. The van der Waals surface area contributed by atoms with E-state index in [0.717, 1.165) is 22.3 Å². The minimum Gasteiger partial charge on any atom is -0.353 e. The van der Waals surface area contributed by atoms with Crippen molar-refractivity contribution in [1.29, 1.82) is 5.41 Å². The molecule has 1 fully saturated rings. The average Bonchev–Trinajstić information content (AvgIpc) is 3.14. The molecule has 0 saturated carbocycles. The number of anilines is 1. The molecule has 142 valence electrons. The van der Waals surface area contributed by atoms with Crippen LogP contribution in [0, 0.1) is 12.3 Å². The first-order chi connectivity index (χ1) is 13.5. The molecule has 1 amide bonds. The third-order valence-electron chi connectivity index (χ3n) is 4.82. The van der Waals surface area contributed by atoms with Gasteiger partial charge in [0.05, 0.1) is 24.1 Å². The van der Waals surface area contributed by atoms with Crippen molar-refractivity contribution in [3.05, 3.63) is 59.8 Å². The fourth-order valence-electron chi connectivity index (χ4n) is 3.27. The number of aromatic nitrogens is 4. The fraction of sp³-hybridized carbons (Fsp3) is 0.250. The van der Waals surface area contributed by atoms with Crippen LogP contribution in [0.2, 0.25) is 0 Å². The summed E-state index contributed by atoms with van der Waals surface area (Å²) < 4.78 is 1.76. The molecule has 8 nitrogen and oxygen atoms in total. The highest BCUT2D eigenvalue weighted by molar-refractivity contribution is 6.11. The van der Waals surface area contributed by atoms with Crippen LogP contribution in [0.3, 0.4) is 0 Å². The Balaban J connectivity index is 1.66. The van der Waals surface area contributed by atoms with Crippen molar-refractivity contribution < 1.29 is 4.79 Å². The van der Waals surface area contributed by atoms with Gasteiger partial charge in [-0.3, -0.25) is 14.9 Å². The first-order valence-electron chi connectivity index (χ1n) is 9.04. The van der Waals surface area contributed by atoms with Gasteiger partial charge in [0.25, 0.3) is 0 Å². The molecular formula is C20H21N7O. The molecule has 28 heavy (non-hydrogen) atoms. The highest BCUT2D eigenvalue weighted by Crippen LogP contribution is 2.24. The van der Waals surface area contributed by atoms with Gasteiger partial charge in [-0.05, 0) is 24.1 Å². The van der Waals surface area contributed by atoms with E-state index in [9.17, 15) is 4.79 Å². The zero-order chi connectivity index (χ0) is 19.7. The normalized spacial score (nSPS) is 14.1. The van der Waals surface area contributed by atoms with Crippen LogP contribution in [0.15, 0.2) is 43.0 Å². The molecular weight excluding hydrogens is 354 g/mol. The van der Waals surface area contributed by atoms with Crippen LogP contribution in [-0.2, 0) is 11.8 Å². The number of amides is 1. The number of carbonyl (C=O) groups excluding carboxylic acids is 1. The van der Waals surface area contributed by atoms with Crippen molar-refractivity contribution in [1.82, 2.24) is 25.1 Å². The molecule has 0 bridgehead atoms. The third-order valence-corrected chi connectivity index (χ3v) is 4.82. The van der Waals surface area contributed by atoms with Crippen molar-refractivity contribution >= 4 is 17.4 Å². The monoisotopic (exact) mass is 375 g/mol. The van der Waals surface area contributed by atoms with Crippen molar-refractivity contribution in [2.45, 2.75) is 6.92 Å². The number of nitrogens with one attached hydrogen (secondary N) is 2. The number of hydrogen-bond donors (Lipinski definition) is 2. The Labute approximate surface area is 162 Å². The van der Waals surface area contributed by atoms with E-state index in [1.807, 2.05) is 49.5 Å². The molecule has 0 radical (unpaired) electrons. The topological polar surface area (TPSA) is 99.8 Å². The molecule has 0 unspecified atom stereocenters. The maximum atomic E-state index is 11.7. The van der Waals surface area contributed by atoms with Crippen molar-refractivity contribution in [3.63, 3.8) is 0 Å². The number of carbonyl (C=O) groups is 1. The van der Waals surface area contributed by atoms with Gasteiger partial charge in [-0.2, -0.15) is 5.10 Å². The predicted octanol–water partition coefficient (Wildman–Crippen LogP) is 1.54. The van der Waals surface area contributed by atoms with Crippen LogP contribution in [0.1, 0.15) is 16.8 Å². The first kappa shape index (κ1) is 17.8. The second-order valence-corrected chi connectivity index (χ2v) is 6.84. The minimum absolute atomic E-state index is 0.0264. The highest BCUT2D eigenvalue weighted by Gasteiger charge is 2.19. The SMILES string of the molecule is Cc1ccc(-c2cnn(C)c2)cc1C(=N)c1cc(N2CCNC(=O)C2)ncn1. The minimum atomic E-state index is -0.0264. The van der Waals surface area contributed by atoms with E-state index in [0.29, 0.717) is 30.3 Å². The molecule has 1 saturated heterocycles. The number of nitrogens with zero attached hydrogens (tertiary/aromatic N) is 5. The molecule has 3 aromatic rings. The quantitative estimate of drug-likeness (QED) is 0.674. The maximum Gasteiger partial charge on any atom is 0.239 e. The van der Waals surface area contributed by atoms with Crippen LogP contribution in [-0.4, -0.2) is 51.0 Å². The largest absolute Gasteiger partial charge is 0.353 e. The van der Waals surface area contributed by atoms with E-state index < -0.39 is 0 Å². The summed E-state index contributed by atoms with van der Waals surface area (Å²) in [5.41, 5.74) is 4.66. The molecule has 8 heteroatoms. The Morgan fingerprint density at radius 2 is 2.07 bits per heavy atom. The van der Waals surface area contributed by atoms with E-state index >= 15 is 0 Å². The molecule has 2 aromatic heterocycles. The summed E-state index contributed by atoms with van der Waals surface area (Å²) in [6.45, 7) is 3.51. The zero-order valence-electron chi connectivity index (χ0n) is 15.8. The van der Waals surface area contributed by atoms with Crippen LogP contribution < -0.4 is 10.2 Å². The highest BCUT2D eigenvalue weighted by atomic mass is 16.2. The standard InChI is InChI=1S/C20H21N7O/c1-13-3-4-14(15-9-25-26(2)10-15)7-16(13)20(21)17-8-18(24-12-23-17)27-6-5-22-19(28)11-27/h3-4,7-10,12,21H,5-6,11H2,1-2H3,(H,22,28). The van der Waals surface area contributed by atoms with Gasteiger partial charge in [0.2, 0.25) is 5.91 Å². The van der Waals surface area contributed by atoms with Gasteiger partial charge in [0.15, 0.2) is 0 Å². The van der Waals surface area contributed by atoms with Gasteiger partial charge in [-0.15, -0.1) is 0 Å². The fourth-order valence-corrected chi connectivity index (χ4v) is 3.27. The number of rotatable bonds is 4.